The summed E-state index contributed by atoms with van der Waals surface area (Å²) >= 11 is 0. The maximum atomic E-state index is 12.8. The summed E-state index contributed by atoms with van der Waals surface area (Å²) in [5.41, 5.74) is 0.627. The molecule has 0 saturated heterocycles. The fourth-order valence-corrected chi connectivity index (χ4v) is 2.30. The number of Topliss-reactive ketones (excluding diaryl/α,β-unsaturated/α-hetero) is 1. The topological polar surface area (TPSA) is 60.7 Å². The molecular formula is C15H18N2O3. The van der Waals surface area contributed by atoms with Gasteiger partial charge in [-0.15, -0.1) is 0 Å². The quantitative estimate of drug-likeness (QED) is 0.488. The number of rotatable bonds is 4. The Morgan fingerprint density at radius 3 is 2.70 bits per heavy atom. The molecule has 0 aliphatic heterocycles. The van der Waals surface area contributed by atoms with E-state index in [0.29, 0.717) is 23.2 Å². The predicted molar refractivity (Wildman–Crippen MR) is 74.7 cm³/mol. The first-order chi connectivity index (χ1) is 9.45. The Kier molecular flexibility index (Phi) is 3.61. The van der Waals surface area contributed by atoms with E-state index in [4.69, 9.17) is 4.74 Å². The lowest BCUT2D eigenvalue weighted by atomic mass is 9.79. The lowest BCUT2D eigenvalue weighted by Gasteiger charge is -2.23. The second-order valence-corrected chi connectivity index (χ2v) is 5.00. The van der Waals surface area contributed by atoms with Crippen LogP contribution in [-0.4, -0.2) is 28.5 Å². The number of ketones is 1. The molecule has 2 aromatic rings. The summed E-state index contributed by atoms with van der Waals surface area (Å²) in [7, 11) is 1.30. The zero-order chi connectivity index (χ0) is 14.9. The summed E-state index contributed by atoms with van der Waals surface area (Å²) in [6, 6.07) is 5.50. The number of ether oxygens (including phenoxy) is 1. The van der Waals surface area contributed by atoms with Gasteiger partial charge in [0.05, 0.1) is 23.9 Å². The Bertz CT molecular complexity index is 675. The van der Waals surface area contributed by atoms with Crippen molar-refractivity contribution in [3.05, 3.63) is 35.7 Å². The van der Waals surface area contributed by atoms with Crippen molar-refractivity contribution in [3.8, 4) is 0 Å². The van der Waals surface area contributed by atoms with Crippen molar-refractivity contribution in [2.45, 2.75) is 27.2 Å². The molecule has 106 valence electrons. The number of carbonyl (C=O) groups excluding carboxylic acids is 2. The minimum atomic E-state index is -1.18. The lowest BCUT2D eigenvalue weighted by Crippen LogP contribution is -2.37. The average molecular weight is 274 g/mol. The molecule has 2 aromatic heterocycles. The zero-order valence-electron chi connectivity index (χ0n) is 12.1. The van der Waals surface area contributed by atoms with Gasteiger partial charge in [-0.1, -0.05) is 13.0 Å². The third-order valence-corrected chi connectivity index (χ3v) is 3.79. The van der Waals surface area contributed by atoms with Crippen LogP contribution in [0.25, 0.3) is 5.52 Å². The van der Waals surface area contributed by atoms with Crippen LogP contribution in [0.3, 0.4) is 0 Å². The Morgan fingerprint density at radius 2 is 2.10 bits per heavy atom. The van der Waals surface area contributed by atoms with Crippen molar-refractivity contribution in [1.82, 2.24) is 9.61 Å². The molecule has 0 saturated carbocycles. The first kappa shape index (κ1) is 14.2. The van der Waals surface area contributed by atoms with E-state index in [1.807, 2.05) is 18.2 Å². The van der Waals surface area contributed by atoms with E-state index >= 15 is 0 Å². The number of nitrogens with zero attached hydrogens (tertiary/aromatic N) is 2. The van der Waals surface area contributed by atoms with Crippen molar-refractivity contribution in [2.24, 2.45) is 5.41 Å². The van der Waals surface area contributed by atoms with Crippen LogP contribution in [0, 0.1) is 12.3 Å². The van der Waals surface area contributed by atoms with Gasteiger partial charge in [0, 0.05) is 6.20 Å². The predicted octanol–water partition coefficient (Wildman–Crippen LogP) is 2.41. The molecule has 0 aromatic carbocycles. The molecule has 2 rings (SSSR count). The van der Waals surface area contributed by atoms with Gasteiger partial charge in [0.1, 0.15) is 5.41 Å². The van der Waals surface area contributed by atoms with Crippen LogP contribution >= 0.6 is 0 Å². The van der Waals surface area contributed by atoms with Gasteiger partial charge in [-0.2, -0.15) is 5.10 Å². The number of esters is 1. The summed E-state index contributed by atoms with van der Waals surface area (Å²) < 4.78 is 6.44. The van der Waals surface area contributed by atoms with Crippen LogP contribution in [-0.2, 0) is 9.53 Å². The molecule has 0 aliphatic rings. The number of aryl methyl sites for hydroxylation is 1. The maximum Gasteiger partial charge on any atom is 0.319 e. The smallest absolute Gasteiger partial charge is 0.319 e. The third kappa shape index (κ3) is 1.99. The standard InChI is InChI=1S/C15H18N2O3/c1-5-15(3,14(19)20-4)13(18)12-10(2)16-17-9-7-6-8-11(12)17/h6-9H,5H2,1-4H3. The second kappa shape index (κ2) is 5.07. The van der Waals surface area contributed by atoms with E-state index in [0.717, 1.165) is 0 Å². The van der Waals surface area contributed by atoms with Crippen molar-refractivity contribution in [3.63, 3.8) is 0 Å². The lowest BCUT2D eigenvalue weighted by molar-refractivity contribution is -0.148. The second-order valence-electron chi connectivity index (χ2n) is 5.00. The highest BCUT2D eigenvalue weighted by Crippen LogP contribution is 2.31. The van der Waals surface area contributed by atoms with Gasteiger partial charge in [-0.25, -0.2) is 4.52 Å². The fourth-order valence-electron chi connectivity index (χ4n) is 2.30. The van der Waals surface area contributed by atoms with Gasteiger partial charge >= 0.3 is 5.97 Å². The van der Waals surface area contributed by atoms with Crippen LogP contribution in [0.5, 0.6) is 0 Å². The van der Waals surface area contributed by atoms with Gasteiger partial charge in [-0.3, -0.25) is 9.59 Å². The number of fused-ring (bicyclic) bond motifs is 1. The van der Waals surface area contributed by atoms with Crippen molar-refractivity contribution in [1.29, 1.82) is 0 Å². The van der Waals surface area contributed by atoms with Crippen LogP contribution in [0.2, 0.25) is 0 Å². The summed E-state index contributed by atoms with van der Waals surface area (Å²) in [6.07, 6.45) is 2.16. The molecule has 20 heavy (non-hydrogen) atoms. The number of carbonyl (C=O) groups is 2. The van der Waals surface area contributed by atoms with E-state index in [1.54, 1.807) is 31.5 Å². The first-order valence-electron chi connectivity index (χ1n) is 6.53. The van der Waals surface area contributed by atoms with Gasteiger partial charge in [0.2, 0.25) is 0 Å². The molecular weight excluding hydrogens is 256 g/mol. The summed E-state index contributed by atoms with van der Waals surface area (Å²) in [6.45, 7) is 5.19. The molecule has 0 fully saturated rings. The highest BCUT2D eigenvalue weighted by atomic mass is 16.5. The zero-order valence-corrected chi connectivity index (χ0v) is 12.1. The number of hydrogen-bond acceptors (Lipinski definition) is 4. The maximum absolute atomic E-state index is 12.8. The number of methoxy groups -OCH3 is 1. The average Bonchev–Trinajstić information content (AvgIpc) is 2.80. The van der Waals surface area contributed by atoms with E-state index in [9.17, 15) is 9.59 Å². The largest absolute Gasteiger partial charge is 0.468 e. The molecule has 1 atom stereocenters. The Balaban J connectivity index is 2.61. The summed E-state index contributed by atoms with van der Waals surface area (Å²) in [5.74, 6) is -0.759. The van der Waals surface area contributed by atoms with Crippen LogP contribution in [0.15, 0.2) is 24.4 Å². The monoisotopic (exact) mass is 274 g/mol. The van der Waals surface area contributed by atoms with E-state index in [2.05, 4.69) is 5.10 Å². The Hall–Kier alpha value is -2.17. The molecule has 0 spiro atoms. The highest BCUT2D eigenvalue weighted by Gasteiger charge is 2.42. The third-order valence-electron chi connectivity index (χ3n) is 3.79. The van der Waals surface area contributed by atoms with Gasteiger partial charge < -0.3 is 4.74 Å². The van der Waals surface area contributed by atoms with Crippen LogP contribution < -0.4 is 0 Å². The minimum Gasteiger partial charge on any atom is -0.468 e. The van der Waals surface area contributed by atoms with E-state index in [-0.39, 0.29) is 5.78 Å². The van der Waals surface area contributed by atoms with Crippen molar-refractivity contribution in [2.75, 3.05) is 7.11 Å². The number of pyridine rings is 1. The minimum absolute atomic E-state index is 0.245. The van der Waals surface area contributed by atoms with Crippen LogP contribution in [0.1, 0.15) is 36.3 Å². The van der Waals surface area contributed by atoms with Crippen molar-refractivity contribution < 1.29 is 14.3 Å². The molecule has 0 N–H and O–H groups in total. The number of hydrogen-bond donors (Lipinski definition) is 0. The SMILES string of the molecule is CCC(C)(C(=O)OC)C(=O)c1c(C)nn2ccccc12. The molecule has 5 nitrogen and oxygen atoms in total. The molecule has 2 heterocycles. The van der Waals surface area contributed by atoms with Crippen molar-refractivity contribution >= 4 is 17.3 Å². The van der Waals surface area contributed by atoms with Crippen LogP contribution in [0.4, 0.5) is 0 Å². The Labute approximate surface area is 117 Å². The van der Waals surface area contributed by atoms with Gasteiger partial charge in [0.15, 0.2) is 5.78 Å². The van der Waals surface area contributed by atoms with E-state index in [1.165, 1.54) is 7.11 Å². The number of aromatic nitrogens is 2. The van der Waals surface area contributed by atoms with E-state index < -0.39 is 11.4 Å². The Morgan fingerprint density at radius 1 is 1.40 bits per heavy atom. The fraction of sp³-hybridized carbons (Fsp3) is 0.400. The molecule has 5 heteroatoms. The molecule has 0 bridgehead atoms. The normalized spacial score (nSPS) is 14.0. The molecule has 1 unspecified atom stereocenters. The summed E-state index contributed by atoms with van der Waals surface area (Å²) in [4.78, 5) is 24.8. The molecule has 0 amide bonds. The van der Waals surface area contributed by atoms with Gasteiger partial charge in [0.25, 0.3) is 0 Å². The summed E-state index contributed by atoms with van der Waals surface area (Å²) in [5, 5.41) is 4.31. The van der Waals surface area contributed by atoms with Gasteiger partial charge in [-0.05, 0) is 32.4 Å². The highest BCUT2D eigenvalue weighted by molar-refractivity contribution is 6.15. The first-order valence-corrected chi connectivity index (χ1v) is 6.53. The molecule has 0 radical (unpaired) electrons. The molecule has 0 aliphatic carbocycles.